The molecule has 0 spiro atoms. The van der Waals surface area contributed by atoms with Gasteiger partial charge in [-0.05, 0) is 17.5 Å². The third-order valence-corrected chi connectivity index (χ3v) is 4.43. The average molecular weight is 274 g/mol. The molecule has 4 heteroatoms. The van der Waals surface area contributed by atoms with E-state index in [2.05, 4.69) is 41.2 Å². The second-order valence-electron chi connectivity index (χ2n) is 5.81. The Kier molecular flexibility index (Phi) is 4.03. The van der Waals surface area contributed by atoms with Crippen molar-refractivity contribution in [1.82, 2.24) is 4.90 Å². The predicted molar refractivity (Wildman–Crippen MR) is 78.3 cm³/mol. The number of benzene rings is 1. The second kappa shape index (κ2) is 5.94. The van der Waals surface area contributed by atoms with Gasteiger partial charge in [-0.3, -0.25) is 4.90 Å². The van der Waals surface area contributed by atoms with Crippen molar-refractivity contribution in [3.8, 4) is 0 Å². The third-order valence-electron chi connectivity index (χ3n) is 4.43. The molecule has 1 saturated heterocycles. The molecule has 0 aliphatic carbocycles. The van der Waals surface area contributed by atoms with Gasteiger partial charge in [0.1, 0.15) is 0 Å². The van der Waals surface area contributed by atoms with Gasteiger partial charge in [0, 0.05) is 32.0 Å². The molecule has 1 fully saturated rings. The van der Waals surface area contributed by atoms with Crippen LogP contribution in [0.1, 0.15) is 30.6 Å². The molecular weight excluding hydrogens is 252 g/mol. The summed E-state index contributed by atoms with van der Waals surface area (Å²) in [7, 11) is 0. The molecular formula is C16H22N2O2. The Morgan fingerprint density at radius 3 is 3.00 bits per heavy atom. The van der Waals surface area contributed by atoms with Gasteiger partial charge in [0.2, 0.25) is 0 Å². The average Bonchev–Trinajstić information content (AvgIpc) is 2.48. The summed E-state index contributed by atoms with van der Waals surface area (Å²) in [6.45, 7) is 5.76. The van der Waals surface area contributed by atoms with Crippen molar-refractivity contribution in [2.45, 2.75) is 25.9 Å². The van der Waals surface area contributed by atoms with Gasteiger partial charge < -0.3 is 9.94 Å². The lowest BCUT2D eigenvalue weighted by Crippen LogP contribution is -2.42. The molecule has 0 aromatic heterocycles. The van der Waals surface area contributed by atoms with Gasteiger partial charge in [0.25, 0.3) is 0 Å². The van der Waals surface area contributed by atoms with E-state index in [1.54, 1.807) is 0 Å². The highest BCUT2D eigenvalue weighted by Crippen LogP contribution is 2.28. The molecule has 1 aromatic carbocycles. The van der Waals surface area contributed by atoms with Crippen LogP contribution in [0.15, 0.2) is 29.4 Å². The molecule has 0 saturated carbocycles. The number of rotatable bonds is 2. The van der Waals surface area contributed by atoms with Crippen molar-refractivity contribution in [3.05, 3.63) is 35.4 Å². The minimum absolute atomic E-state index is 0.180. The largest absolute Gasteiger partial charge is 0.411 e. The van der Waals surface area contributed by atoms with Gasteiger partial charge in [0.15, 0.2) is 0 Å². The lowest BCUT2D eigenvalue weighted by atomic mass is 9.94. The maximum absolute atomic E-state index is 8.94. The molecule has 20 heavy (non-hydrogen) atoms. The first kappa shape index (κ1) is 13.6. The highest BCUT2D eigenvalue weighted by molar-refractivity contribution is 5.86. The molecule has 0 bridgehead atoms. The van der Waals surface area contributed by atoms with Crippen LogP contribution in [-0.2, 0) is 11.2 Å². The van der Waals surface area contributed by atoms with Gasteiger partial charge >= 0.3 is 0 Å². The Hall–Kier alpha value is -1.39. The molecule has 4 nitrogen and oxygen atoms in total. The number of ether oxygens (including phenoxy) is 1. The van der Waals surface area contributed by atoms with E-state index in [-0.39, 0.29) is 6.10 Å². The van der Waals surface area contributed by atoms with Crippen molar-refractivity contribution < 1.29 is 9.94 Å². The van der Waals surface area contributed by atoms with E-state index < -0.39 is 0 Å². The molecule has 2 aliphatic heterocycles. The Morgan fingerprint density at radius 2 is 2.20 bits per heavy atom. The minimum atomic E-state index is 0.180. The third kappa shape index (κ3) is 2.72. The standard InChI is InChI=1S/C16H22N2O2/c1-12-10-18(8-6-15(12)17-19)11-16-14-5-3-2-4-13(14)7-9-20-16/h2-5,12,16,19H,6-11H2,1H3/b17-15+. The normalized spacial score (nSPS) is 29.4. The summed E-state index contributed by atoms with van der Waals surface area (Å²) in [4.78, 5) is 2.42. The van der Waals surface area contributed by atoms with Crippen LogP contribution in [0, 0.1) is 5.92 Å². The number of nitrogens with zero attached hydrogens (tertiary/aromatic N) is 2. The Morgan fingerprint density at radius 1 is 1.35 bits per heavy atom. The zero-order chi connectivity index (χ0) is 13.9. The van der Waals surface area contributed by atoms with E-state index in [0.717, 1.165) is 44.8 Å². The molecule has 1 aromatic rings. The van der Waals surface area contributed by atoms with Gasteiger partial charge in [-0.2, -0.15) is 0 Å². The maximum Gasteiger partial charge on any atom is 0.0954 e. The number of hydrogen-bond donors (Lipinski definition) is 1. The van der Waals surface area contributed by atoms with Crippen molar-refractivity contribution in [2.75, 3.05) is 26.2 Å². The molecule has 3 rings (SSSR count). The molecule has 2 heterocycles. The SMILES string of the molecule is CC1CN(CC2OCCc3ccccc32)CC/C1=N\O. The van der Waals surface area contributed by atoms with Crippen molar-refractivity contribution in [3.63, 3.8) is 0 Å². The zero-order valence-corrected chi connectivity index (χ0v) is 12.0. The van der Waals surface area contributed by atoms with E-state index in [1.165, 1.54) is 11.1 Å². The summed E-state index contributed by atoms with van der Waals surface area (Å²) in [6.07, 6.45) is 2.05. The van der Waals surface area contributed by atoms with Crippen LogP contribution in [0.25, 0.3) is 0 Å². The highest BCUT2D eigenvalue weighted by Gasteiger charge is 2.27. The molecule has 2 aliphatic rings. The van der Waals surface area contributed by atoms with Gasteiger partial charge in [-0.15, -0.1) is 0 Å². The smallest absolute Gasteiger partial charge is 0.0954 e. The van der Waals surface area contributed by atoms with Crippen molar-refractivity contribution in [1.29, 1.82) is 0 Å². The maximum atomic E-state index is 8.94. The quantitative estimate of drug-likeness (QED) is 0.665. The molecule has 2 unspecified atom stereocenters. The first-order chi connectivity index (χ1) is 9.78. The Balaban J connectivity index is 1.68. The van der Waals surface area contributed by atoms with E-state index >= 15 is 0 Å². The molecule has 0 radical (unpaired) electrons. The number of hydrogen-bond acceptors (Lipinski definition) is 4. The van der Waals surface area contributed by atoms with Gasteiger partial charge in [-0.1, -0.05) is 36.3 Å². The summed E-state index contributed by atoms with van der Waals surface area (Å²) in [5.41, 5.74) is 3.69. The summed E-state index contributed by atoms with van der Waals surface area (Å²) in [6, 6.07) is 8.59. The number of oxime groups is 1. The summed E-state index contributed by atoms with van der Waals surface area (Å²) >= 11 is 0. The van der Waals surface area contributed by atoms with Crippen LogP contribution in [0.5, 0.6) is 0 Å². The fourth-order valence-corrected chi connectivity index (χ4v) is 3.28. The summed E-state index contributed by atoms with van der Waals surface area (Å²) in [5, 5.41) is 12.3. The van der Waals surface area contributed by atoms with E-state index in [4.69, 9.17) is 9.94 Å². The number of likely N-dealkylation sites (tertiary alicyclic amines) is 1. The topological polar surface area (TPSA) is 45.1 Å². The lowest BCUT2D eigenvalue weighted by molar-refractivity contribution is 0.0133. The van der Waals surface area contributed by atoms with Crippen molar-refractivity contribution >= 4 is 5.71 Å². The van der Waals surface area contributed by atoms with E-state index in [1.807, 2.05) is 0 Å². The zero-order valence-electron chi connectivity index (χ0n) is 12.0. The highest BCUT2D eigenvalue weighted by atomic mass is 16.5. The van der Waals surface area contributed by atoms with Crippen molar-refractivity contribution in [2.24, 2.45) is 11.1 Å². The number of piperidine rings is 1. The Labute approximate surface area is 120 Å². The van der Waals surface area contributed by atoms with Gasteiger partial charge in [0.05, 0.1) is 18.4 Å². The van der Waals surface area contributed by atoms with E-state index in [9.17, 15) is 0 Å². The molecule has 0 amide bonds. The molecule has 2 atom stereocenters. The molecule has 1 N–H and O–H groups in total. The van der Waals surface area contributed by atoms with Crippen LogP contribution in [0.3, 0.4) is 0 Å². The van der Waals surface area contributed by atoms with Crippen LogP contribution in [0.4, 0.5) is 0 Å². The Bertz CT molecular complexity index is 501. The van der Waals surface area contributed by atoms with Gasteiger partial charge in [-0.25, -0.2) is 0 Å². The summed E-state index contributed by atoms with van der Waals surface area (Å²) < 4.78 is 5.97. The first-order valence-electron chi connectivity index (χ1n) is 7.40. The predicted octanol–water partition coefficient (Wildman–Crippen LogP) is 2.47. The summed E-state index contributed by atoms with van der Waals surface area (Å²) in [5.74, 6) is 0.326. The van der Waals surface area contributed by atoms with Crippen LogP contribution >= 0.6 is 0 Å². The number of fused-ring (bicyclic) bond motifs is 1. The fourth-order valence-electron chi connectivity index (χ4n) is 3.28. The first-order valence-corrected chi connectivity index (χ1v) is 7.40. The lowest BCUT2D eigenvalue weighted by Gasteiger charge is -2.35. The van der Waals surface area contributed by atoms with E-state index in [0.29, 0.717) is 5.92 Å². The monoisotopic (exact) mass is 274 g/mol. The van der Waals surface area contributed by atoms with Crippen LogP contribution in [0.2, 0.25) is 0 Å². The van der Waals surface area contributed by atoms with Crippen LogP contribution in [-0.4, -0.2) is 42.1 Å². The fraction of sp³-hybridized carbons (Fsp3) is 0.562. The molecule has 108 valence electrons. The minimum Gasteiger partial charge on any atom is -0.411 e. The second-order valence-corrected chi connectivity index (χ2v) is 5.81. The van der Waals surface area contributed by atoms with Crippen LogP contribution < -0.4 is 0 Å².